The van der Waals surface area contributed by atoms with Gasteiger partial charge in [-0.2, -0.15) is 0 Å². The fourth-order valence-corrected chi connectivity index (χ4v) is 1.46. The summed E-state index contributed by atoms with van der Waals surface area (Å²) in [6.07, 6.45) is 1.83. The highest BCUT2D eigenvalue weighted by molar-refractivity contribution is 4.80. The maximum absolute atomic E-state index is 9.14. The zero-order valence-corrected chi connectivity index (χ0v) is 7.01. The zero-order chi connectivity index (χ0) is 8.16. The second-order valence-corrected chi connectivity index (χ2v) is 3.20. The summed E-state index contributed by atoms with van der Waals surface area (Å²) in [5, 5.41) is 9.14. The first kappa shape index (κ1) is 8.97. The highest BCUT2D eigenvalue weighted by Gasteiger charge is 2.31. The Kier molecular flexibility index (Phi) is 3.30. The van der Waals surface area contributed by atoms with E-state index in [4.69, 9.17) is 14.6 Å². The first-order valence-electron chi connectivity index (χ1n) is 4.00. The van der Waals surface area contributed by atoms with Crippen molar-refractivity contribution in [2.45, 2.75) is 12.8 Å². The molecule has 0 aromatic rings. The fraction of sp³-hybridized carbons (Fsp3) is 1.00. The number of hydrogen-bond acceptors (Lipinski definition) is 3. The van der Waals surface area contributed by atoms with E-state index in [9.17, 15) is 0 Å². The molecule has 0 unspecified atom stereocenters. The molecule has 1 rings (SSSR count). The fourth-order valence-electron chi connectivity index (χ4n) is 1.46. The van der Waals surface area contributed by atoms with Gasteiger partial charge in [0.1, 0.15) is 0 Å². The summed E-state index contributed by atoms with van der Waals surface area (Å²) in [6, 6.07) is 0. The molecule has 3 nitrogen and oxygen atoms in total. The summed E-state index contributed by atoms with van der Waals surface area (Å²) in [4.78, 5) is 0. The van der Waals surface area contributed by atoms with Crippen molar-refractivity contribution in [2.75, 3.05) is 33.5 Å². The van der Waals surface area contributed by atoms with Crippen molar-refractivity contribution in [1.82, 2.24) is 0 Å². The van der Waals surface area contributed by atoms with E-state index in [0.717, 1.165) is 26.1 Å². The van der Waals surface area contributed by atoms with E-state index in [2.05, 4.69) is 0 Å². The van der Waals surface area contributed by atoms with Crippen LogP contribution in [0.5, 0.6) is 0 Å². The van der Waals surface area contributed by atoms with Gasteiger partial charge in [0.25, 0.3) is 0 Å². The van der Waals surface area contributed by atoms with Crippen molar-refractivity contribution in [2.24, 2.45) is 5.41 Å². The van der Waals surface area contributed by atoms with Gasteiger partial charge in [0.2, 0.25) is 0 Å². The van der Waals surface area contributed by atoms with Crippen molar-refractivity contribution in [3.63, 3.8) is 0 Å². The molecule has 0 atom stereocenters. The predicted octanol–water partition coefficient (Wildman–Crippen LogP) is 0.422. The molecule has 0 bridgehead atoms. The third-order valence-corrected chi connectivity index (χ3v) is 2.34. The van der Waals surface area contributed by atoms with E-state index in [1.807, 2.05) is 0 Å². The topological polar surface area (TPSA) is 38.7 Å². The number of aliphatic hydroxyl groups excluding tert-OH is 1. The van der Waals surface area contributed by atoms with Gasteiger partial charge in [-0.05, 0) is 12.8 Å². The molecule has 1 saturated heterocycles. The molecule has 1 aliphatic rings. The lowest BCUT2D eigenvalue weighted by Crippen LogP contribution is -2.36. The van der Waals surface area contributed by atoms with E-state index in [-0.39, 0.29) is 12.0 Å². The summed E-state index contributed by atoms with van der Waals surface area (Å²) < 4.78 is 10.3. The van der Waals surface area contributed by atoms with Crippen LogP contribution in [0.25, 0.3) is 0 Å². The lowest BCUT2D eigenvalue weighted by molar-refractivity contribution is -0.0551. The van der Waals surface area contributed by atoms with Gasteiger partial charge in [0.15, 0.2) is 0 Å². The monoisotopic (exact) mass is 160 g/mol. The molecule has 0 aromatic carbocycles. The molecule has 0 spiro atoms. The highest BCUT2D eigenvalue weighted by atomic mass is 16.5. The van der Waals surface area contributed by atoms with Crippen LogP contribution in [-0.2, 0) is 9.47 Å². The Labute approximate surface area is 67.3 Å². The summed E-state index contributed by atoms with van der Waals surface area (Å²) in [6.45, 7) is 2.37. The Morgan fingerprint density at radius 1 is 1.45 bits per heavy atom. The Hall–Kier alpha value is -0.120. The van der Waals surface area contributed by atoms with Gasteiger partial charge in [0, 0.05) is 25.7 Å². The number of hydrogen-bond donors (Lipinski definition) is 1. The normalized spacial score (nSPS) is 23.5. The number of rotatable bonds is 3. The molecule has 1 N–H and O–H groups in total. The largest absolute Gasteiger partial charge is 0.396 e. The van der Waals surface area contributed by atoms with Crippen LogP contribution in [0.2, 0.25) is 0 Å². The summed E-state index contributed by atoms with van der Waals surface area (Å²) >= 11 is 0. The lowest BCUT2D eigenvalue weighted by Gasteiger charge is -2.34. The highest BCUT2D eigenvalue weighted by Crippen LogP contribution is 2.29. The van der Waals surface area contributed by atoms with Crippen molar-refractivity contribution < 1.29 is 14.6 Å². The van der Waals surface area contributed by atoms with Gasteiger partial charge in [-0.15, -0.1) is 0 Å². The van der Waals surface area contributed by atoms with E-state index in [1.165, 1.54) is 0 Å². The van der Waals surface area contributed by atoms with E-state index >= 15 is 0 Å². The standard InChI is InChI=1S/C8H16O3/c1-10-7-8(6-9)2-4-11-5-3-8/h9H,2-7H2,1H3. The molecule has 1 aliphatic heterocycles. The lowest BCUT2D eigenvalue weighted by atomic mass is 9.82. The van der Waals surface area contributed by atoms with Crippen molar-refractivity contribution in [1.29, 1.82) is 0 Å². The quantitative estimate of drug-likeness (QED) is 0.650. The minimum Gasteiger partial charge on any atom is -0.396 e. The molecule has 0 radical (unpaired) electrons. The van der Waals surface area contributed by atoms with Crippen LogP contribution in [0.1, 0.15) is 12.8 Å². The van der Waals surface area contributed by atoms with Crippen molar-refractivity contribution in [3.8, 4) is 0 Å². The second kappa shape index (κ2) is 4.04. The Bertz CT molecular complexity index is 102. The minimum absolute atomic E-state index is 0.0208. The second-order valence-electron chi connectivity index (χ2n) is 3.20. The van der Waals surface area contributed by atoms with Gasteiger partial charge in [0.05, 0.1) is 13.2 Å². The van der Waals surface area contributed by atoms with Crippen LogP contribution >= 0.6 is 0 Å². The molecule has 66 valence electrons. The van der Waals surface area contributed by atoms with Gasteiger partial charge in [-0.3, -0.25) is 0 Å². The van der Waals surface area contributed by atoms with Crippen LogP contribution in [0, 0.1) is 5.41 Å². The molecule has 0 amide bonds. The van der Waals surface area contributed by atoms with Crippen LogP contribution in [-0.4, -0.2) is 38.6 Å². The maximum atomic E-state index is 9.14. The number of methoxy groups -OCH3 is 1. The summed E-state index contributed by atoms with van der Waals surface area (Å²) in [5.41, 5.74) is -0.0208. The van der Waals surface area contributed by atoms with Gasteiger partial charge >= 0.3 is 0 Å². The minimum atomic E-state index is -0.0208. The molecule has 1 heterocycles. The molecule has 11 heavy (non-hydrogen) atoms. The number of aliphatic hydroxyl groups is 1. The van der Waals surface area contributed by atoms with Gasteiger partial charge < -0.3 is 14.6 Å². The maximum Gasteiger partial charge on any atom is 0.0542 e. The predicted molar refractivity (Wildman–Crippen MR) is 41.4 cm³/mol. The van der Waals surface area contributed by atoms with E-state index < -0.39 is 0 Å². The molecule has 3 heteroatoms. The van der Waals surface area contributed by atoms with Gasteiger partial charge in [-0.1, -0.05) is 0 Å². The molecule has 0 aliphatic carbocycles. The van der Waals surface area contributed by atoms with Crippen LogP contribution in [0.15, 0.2) is 0 Å². The molecule has 0 aromatic heterocycles. The molecule has 0 saturated carbocycles. The average molecular weight is 160 g/mol. The Morgan fingerprint density at radius 2 is 2.09 bits per heavy atom. The first-order valence-corrected chi connectivity index (χ1v) is 4.00. The van der Waals surface area contributed by atoms with Crippen LogP contribution in [0.4, 0.5) is 0 Å². The summed E-state index contributed by atoms with van der Waals surface area (Å²) in [5.74, 6) is 0. The van der Waals surface area contributed by atoms with Crippen LogP contribution in [0.3, 0.4) is 0 Å². The first-order chi connectivity index (χ1) is 5.33. The third kappa shape index (κ3) is 2.15. The van der Waals surface area contributed by atoms with Gasteiger partial charge in [-0.25, -0.2) is 0 Å². The molecule has 1 fully saturated rings. The summed E-state index contributed by atoms with van der Waals surface area (Å²) in [7, 11) is 1.67. The Balaban J connectivity index is 2.42. The van der Waals surface area contributed by atoms with Crippen molar-refractivity contribution >= 4 is 0 Å². The van der Waals surface area contributed by atoms with E-state index in [1.54, 1.807) is 7.11 Å². The Morgan fingerprint density at radius 3 is 2.55 bits per heavy atom. The average Bonchev–Trinajstić information content (AvgIpc) is 2.07. The SMILES string of the molecule is COCC1(CO)CCOCC1. The molecular weight excluding hydrogens is 144 g/mol. The third-order valence-electron chi connectivity index (χ3n) is 2.34. The smallest absolute Gasteiger partial charge is 0.0542 e. The van der Waals surface area contributed by atoms with Crippen LogP contribution < -0.4 is 0 Å². The number of ether oxygens (including phenoxy) is 2. The zero-order valence-electron chi connectivity index (χ0n) is 7.01. The molecular formula is C8H16O3. The van der Waals surface area contributed by atoms with E-state index in [0.29, 0.717) is 6.61 Å². The van der Waals surface area contributed by atoms with Crippen molar-refractivity contribution in [3.05, 3.63) is 0 Å².